The zero-order chi connectivity index (χ0) is 19.4. The van der Waals surface area contributed by atoms with Crippen molar-refractivity contribution in [2.75, 3.05) is 39.3 Å². The van der Waals surface area contributed by atoms with E-state index in [-0.39, 0.29) is 29.6 Å². The van der Waals surface area contributed by atoms with Gasteiger partial charge in [-0.15, -0.1) is 0 Å². The lowest BCUT2D eigenvalue weighted by Crippen LogP contribution is -2.51. The monoisotopic (exact) mass is 376 g/mol. The Labute approximate surface area is 160 Å². The summed E-state index contributed by atoms with van der Waals surface area (Å²) in [6, 6.07) is 6.51. The molecular weight excluding hydrogens is 347 g/mol. The predicted octanol–water partition coefficient (Wildman–Crippen LogP) is 1.06. The van der Waals surface area contributed by atoms with Crippen LogP contribution in [-0.4, -0.2) is 71.8 Å². The summed E-state index contributed by atoms with van der Waals surface area (Å²) in [6.07, 6.45) is 1.50. The number of piperazine rings is 1. The summed E-state index contributed by atoms with van der Waals surface area (Å²) in [5.41, 5.74) is 7.13. The van der Waals surface area contributed by atoms with Crippen molar-refractivity contribution in [1.29, 1.82) is 0 Å². The van der Waals surface area contributed by atoms with Crippen molar-refractivity contribution in [3.05, 3.63) is 35.6 Å². The van der Waals surface area contributed by atoms with Crippen LogP contribution in [0.15, 0.2) is 24.3 Å². The second kappa shape index (κ2) is 8.80. The van der Waals surface area contributed by atoms with Gasteiger partial charge in [0.15, 0.2) is 0 Å². The normalized spacial score (nSPS) is 24.6. The highest BCUT2D eigenvalue weighted by molar-refractivity contribution is 5.80. The van der Waals surface area contributed by atoms with Crippen LogP contribution in [0.4, 0.5) is 4.39 Å². The van der Waals surface area contributed by atoms with Crippen LogP contribution in [0, 0.1) is 11.7 Å². The maximum Gasteiger partial charge on any atom is 0.227 e. The lowest BCUT2D eigenvalue weighted by atomic mass is 10.00. The molecule has 2 heterocycles. The molecule has 0 radical (unpaired) electrons. The van der Waals surface area contributed by atoms with Crippen LogP contribution in [0.1, 0.15) is 25.3 Å². The van der Waals surface area contributed by atoms with E-state index >= 15 is 0 Å². The molecule has 0 spiro atoms. The third kappa shape index (κ3) is 5.26. The van der Waals surface area contributed by atoms with Crippen molar-refractivity contribution in [3.8, 4) is 0 Å². The van der Waals surface area contributed by atoms with E-state index in [9.17, 15) is 14.0 Å². The molecule has 3 rings (SSSR count). The van der Waals surface area contributed by atoms with Gasteiger partial charge in [0.05, 0.1) is 5.92 Å². The highest BCUT2D eigenvalue weighted by atomic mass is 19.1. The summed E-state index contributed by atoms with van der Waals surface area (Å²) in [5.74, 6) is -0.269. The Morgan fingerprint density at radius 3 is 2.33 bits per heavy atom. The number of nitrogens with two attached hydrogens (primary N) is 1. The predicted molar refractivity (Wildman–Crippen MR) is 101 cm³/mol. The van der Waals surface area contributed by atoms with Crippen molar-refractivity contribution in [2.24, 2.45) is 11.7 Å². The van der Waals surface area contributed by atoms with E-state index in [1.165, 1.54) is 19.1 Å². The van der Waals surface area contributed by atoms with Crippen LogP contribution in [0.5, 0.6) is 0 Å². The van der Waals surface area contributed by atoms with Crippen LogP contribution >= 0.6 is 0 Å². The minimum Gasteiger partial charge on any atom is -0.341 e. The third-order valence-corrected chi connectivity index (χ3v) is 5.58. The molecule has 148 valence electrons. The first kappa shape index (κ1) is 19.8. The summed E-state index contributed by atoms with van der Waals surface area (Å²) in [5, 5.41) is 0. The highest BCUT2D eigenvalue weighted by Crippen LogP contribution is 2.20. The van der Waals surface area contributed by atoms with Crippen molar-refractivity contribution in [3.63, 3.8) is 0 Å². The van der Waals surface area contributed by atoms with E-state index in [1.807, 2.05) is 4.90 Å². The Morgan fingerprint density at radius 1 is 1.04 bits per heavy atom. The first-order valence-electron chi connectivity index (χ1n) is 9.69. The lowest BCUT2D eigenvalue weighted by molar-refractivity contribution is -0.139. The number of nitrogens with zero attached hydrogens (tertiary/aromatic N) is 3. The Hall–Kier alpha value is -1.99. The molecule has 2 atom stereocenters. The van der Waals surface area contributed by atoms with Crippen LogP contribution in [0.25, 0.3) is 0 Å². The molecule has 0 saturated carbocycles. The lowest BCUT2D eigenvalue weighted by Gasteiger charge is -2.37. The molecule has 0 aromatic heterocycles. The highest BCUT2D eigenvalue weighted by Gasteiger charge is 2.32. The van der Waals surface area contributed by atoms with Gasteiger partial charge in [-0.2, -0.15) is 0 Å². The van der Waals surface area contributed by atoms with E-state index in [4.69, 9.17) is 5.73 Å². The molecule has 6 nitrogen and oxygen atoms in total. The SMILES string of the molecule is CC(=O)N1C[C@@H](N)CC[C@@H](C(=O)N2CCN(Cc3ccc(F)cc3)CC2)C1. The zero-order valence-corrected chi connectivity index (χ0v) is 15.9. The van der Waals surface area contributed by atoms with E-state index in [1.54, 1.807) is 17.0 Å². The van der Waals surface area contributed by atoms with Gasteiger partial charge in [0, 0.05) is 58.8 Å². The maximum absolute atomic E-state index is 13.0. The second-order valence-electron chi connectivity index (χ2n) is 7.69. The minimum absolute atomic E-state index is 0.0192. The second-order valence-corrected chi connectivity index (χ2v) is 7.69. The largest absolute Gasteiger partial charge is 0.341 e. The standard InChI is InChI=1S/C20H29FN4O2/c1-15(26)25-13-17(4-7-19(22)14-25)20(27)24-10-8-23(9-11-24)12-16-2-5-18(21)6-3-16/h2-3,5-6,17,19H,4,7-14,22H2,1H3/t17-,19+/m1/s1. The molecule has 27 heavy (non-hydrogen) atoms. The maximum atomic E-state index is 13.0. The number of carbonyl (C=O) groups excluding carboxylic acids is 2. The van der Waals surface area contributed by atoms with Crippen LogP contribution < -0.4 is 5.73 Å². The molecule has 0 aliphatic carbocycles. The molecule has 0 bridgehead atoms. The summed E-state index contributed by atoms with van der Waals surface area (Å²) in [4.78, 5) is 30.7. The van der Waals surface area contributed by atoms with Gasteiger partial charge in [0.2, 0.25) is 11.8 Å². The van der Waals surface area contributed by atoms with Gasteiger partial charge in [0.1, 0.15) is 5.82 Å². The molecule has 2 fully saturated rings. The Kier molecular flexibility index (Phi) is 6.44. The van der Waals surface area contributed by atoms with E-state index in [0.717, 1.165) is 38.0 Å². The Balaban J connectivity index is 1.53. The van der Waals surface area contributed by atoms with Gasteiger partial charge in [0.25, 0.3) is 0 Å². The van der Waals surface area contributed by atoms with Gasteiger partial charge >= 0.3 is 0 Å². The van der Waals surface area contributed by atoms with Crippen LogP contribution in [0.2, 0.25) is 0 Å². The number of hydrogen-bond acceptors (Lipinski definition) is 4. The molecule has 0 unspecified atom stereocenters. The minimum atomic E-state index is -0.225. The number of amides is 2. The van der Waals surface area contributed by atoms with Crippen molar-refractivity contribution in [1.82, 2.24) is 14.7 Å². The third-order valence-electron chi connectivity index (χ3n) is 5.58. The smallest absolute Gasteiger partial charge is 0.227 e. The first-order chi connectivity index (χ1) is 12.9. The Bertz CT molecular complexity index is 658. The summed E-state index contributed by atoms with van der Waals surface area (Å²) in [7, 11) is 0. The van der Waals surface area contributed by atoms with Gasteiger partial charge in [-0.25, -0.2) is 4.39 Å². The molecule has 2 amide bonds. The van der Waals surface area contributed by atoms with Gasteiger partial charge < -0.3 is 15.5 Å². The van der Waals surface area contributed by atoms with E-state index < -0.39 is 0 Å². The average Bonchev–Trinajstić information content (AvgIpc) is 2.86. The number of rotatable bonds is 3. The fourth-order valence-electron chi connectivity index (χ4n) is 3.91. The molecule has 1 aromatic rings. The summed E-state index contributed by atoms with van der Waals surface area (Å²) >= 11 is 0. The molecule has 7 heteroatoms. The number of hydrogen-bond donors (Lipinski definition) is 1. The fourth-order valence-corrected chi connectivity index (χ4v) is 3.91. The molecule has 2 aliphatic heterocycles. The molecule has 2 saturated heterocycles. The summed E-state index contributed by atoms with van der Waals surface area (Å²) < 4.78 is 13.0. The van der Waals surface area contributed by atoms with Gasteiger partial charge in [-0.1, -0.05) is 12.1 Å². The van der Waals surface area contributed by atoms with Crippen LogP contribution in [0.3, 0.4) is 0 Å². The van der Waals surface area contributed by atoms with Crippen molar-refractivity contribution < 1.29 is 14.0 Å². The number of halogens is 1. The molecular formula is C20H29FN4O2. The fraction of sp³-hybridized carbons (Fsp3) is 0.600. The van der Waals surface area contributed by atoms with E-state index in [2.05, 4.69) is 4.90 Å². The molecule has 1 aromatic carbocycles. The molecule has 2 aliphatic rings. The summed E-state index contributed by atoms with van der Waals surface area (Å²) in [6.45, 7) is 6.26. The number of carbonyl (C=O) groups is 2. The van der Waals surface area contributed by atoms with E-state index in [0.29, 0.717) is 26.2 Å². The number of benzene rings is 1. The average molecular weight is 376 g/mol. The number of likely N-dealkylation sites (tertiary alicyclic amines) is 1. The van der Waals surface area contributed by atoms with Gasteiger partial charge in [-0.05, 0) is 30.5 Å². The van der Waals surface area contributed by atoms with Crippen LogP contribution in [-0.2, 0) is 16.1 Å². The van der Waals surface area contributed by atoms with Crippen molar-refractivity contribution >= 4 is 11.8 Å². The molecule has 2 N–H and O–H groups in total. The quantitative estimate of drug-likeness (QED) is 0.856. The van der Waals surface area contributed by atoms with Gasteiger partial charge in [-0.3, -0.25) is 14.5 Å². The van der Waals surface area contributed by atoms with Crippen molar-refractivity contribution in [2.45, 2.75) is 32.4 Å². The zero-order valence-electron chi connectivity index (χ0n) is 15.9. The first-order valence-corrected chi connectivity index (χ1v) is 9.69. The topological polar surface area (TPSA) is 69.9 Å². The Morgan fingerprint density at radius 2 is 1.70 bits per heavy atom.